The third-order valence-electron chi connectivity index (χ3n) is 4.16. The fourth-order valence-corrected chi connectivity index (χ4v) is 3.22. The number of aromatic nitrogens is 1. The Labute approximate surface area is 137 Å². The van der Waals surface area contributed by atoms with Crippen molar-refractivity contribution in [2.45, 2.75) is 51.8 Å². The molecule has 0 saturated carbocycles. The number of carbonyl (C=O) groups excluding carboxylic acids is 1. The van der Waals surface area contributed by atoms with E-state index in [1.165, 1.54) is 5.57 Å². The Morgan fingerprint density at radius 2 is 2.17 bits per heavy atom. The summed E-state index contributed by atoms with van der Waals surface area (Å²) in [7, 11) is 0. The summed E-state index contributed by atoms with van der Waals surface area (Å²) in [6.07, 6.45) is 4.44. The van der Waals surface area contributed by atoms with Crippen LogP contribution < -0.4 is 0 Å². The lowest BCUT2D eigenvalue weighted by Gasteiger charge is -2.44. The summed E-state index contributed by atoms with van der Waals surface area (Å²) in [6, 6.07) is 3.99. The van der Waals surface area contributed by atoms with Gasteiger partial charge >= 0.3 is 6.09 Å². The Kier molecular flexibility index (Phi) is 4.15. The van der Waals surface area contributed by atoms with Crippen LogP contribution in [0.5, 0.6) is 0 Å². The third-order valence-corrected chi connectivity index (χ3v) is 4.16. The quantitative estimate of drug-likeness (QED) is 0.798. The van der Waals surface area contributed by atoms with E-state index in [0.717, 1.165) is 17.7 Å². The first-order chi connectivity index (χ1) is 10.8. The fraction of sp³-hybridized carbons (Fsp3) is 0.556. The Balaban J connectivity index is 1.88. The number of ether oxygens (including phenoxy) is 2. The van der Waals surface area contributed by atoms with Gasteiger partial charge in [0, 0.05) is 11.9 Å². The second-order valence-electron chi connectivity index (χ2n) is 7.18. The normalized spacial score (nSPS) is 24.2. The third kappa shape index (κ3) is 3.39. The average Bonchev–Trinajstić information content (AvgIpc) is 2.44. The number of morpholine rings is 1. The van der Waals surface area contributed by atoms with Crippen molar-refractivity contribution in [1.82, 2.24) is 9.88 Å². The van der Waals surface area contributed by atoms with Crippen LogP contribution in [-0.2, 0) is 9.47 Å². The highest BCUT2D eigenvalue weighted by Gasteiger charge is 2.40. The standard InChI is InChI=1S/C18H24N2O3/c1-12-16(6-5-7-19-12)13-8-14-10-22-11-15(9-13)20(14)17(21)23-18(2,3)4/h5-8,14-15H,9-11H2,1-4H3. The van der Waals surface area contributed by atoms with Crippen LogP contribution in [0.15, 0.2) is 24.4 Å². The minimum absolute atomic E-state index is 0.0169. The monoisotopic (exact) mass is 316 g/mol. The van der Waals surface area contributed by atoms with Gasteiger partial charge in [-0.25, -0.2) is 4.79 Å². The topological polar surface area (TPSA) is 51.7 Å². The van der Waals surface area contributed by atoms with Gasteiger partial charge in [0.1, 0.15) is 5.60 Å². The predicted molar refractivity (Wildman–Crippen MR) is 88.0 cm³/mol. The lowest BCUT2D eigenvalue weighted by atomic mass is 9.89. The van der Waals surface area contributed by atoms with Gasteiger partial charge in [0.15, 0.2) is 0 Å². The summed E-state index contributed by atoms with van der Waals surface area (Å²) in [5.41, 5.74) is 2.93. The molecular weight excluding hydrogens is 292 g/mol. The molecule has 23 heavy (non-hydrogen) atoms. The average molecular weight is 316 g/mol. The van der Waals surface area contributed by atoms with E-state index >= 15 is 0 Å². The van der Waals surface area contributed by atoms with Crippen molar-refractivity contribution < 1.29 is 14.3 Å². The van der Waals surface area contributed by atoms with Crippen LogP contribution in [0.1, 0.15) is 38.4 Å². The van der Waals surface area contributed by atoms with Crippen LogP contribution >= 0.6 is 0 Å². The molecule has 2 atom stereocenters. The van der Waals surface area contributed by atoms with Crippen LogP contribution in [0.3, 0.4) is 0 Å². The molecule has 1 aromatic rings. The molecule has 0 aliphatic carbocycles. The van der Waals surface area contributed by atoms with Gasteiger partial charge in [-0.1, -0.05) is 12.1 Å². The van der Waals surface area contributed by atoms with Crippen molar-refractivity contribution in [2.75, 3.05) is 13.2 Å². The van der Waals surface area contributed by atoms with Crippen LogP contribution in [-0.4, -0.2) is 46.9 Å². The van der Waals surface area contributed by atoms with E-state index in [2.05, 4.69) is 17.1 Å². The van der Waals surface area contributed by atoms with E-state index < -0.39 is 5.60 Å². The van der Waals surface area contributed by atoms with Gasteiger partial charge < -0.3 is 9.47 Å². The predicted octanol–water partition coefficient (Wildman–Crippen LogP) is 3.18. The van der Waals surface area contributed by atoms with Gasteiger partial charge in [0.05, 0.1) is 25.3 Å². The van der Waals surface area contributed by atoms with Crippen LogP contribution in [0.25, 0.3) is 5.57 Å². The highest BCUT2D eigenvalue weighted by atomic mass is 16.6. The van der Waals surface area contributed by atoms with Gasteiger partial charge in [-0.15, -0.1) is 0 Å². The van der Waals surface area contributed by atoms with Crippen molar-refractivity contribution in [3.05, 3.63) is 35.7 Å². The van der Waals surface area contributed by atoms with Gasteiger partial charge in [-0.05, 0) is 51.3 Å². The maximum atomic E-state index is 12.5. The molecule has 2 aliphatic heterocycles. The van der Waals surface area contributed by atoms with E-state index in [1.54, 1.807) is 6.20 Å². The molecule has 2 aliphatic rings. The zero-order chi connectivity index (χ0) is 16.6. The second kappa shape index (κ2) is 5.96. The van der Waals surface area contributed by atoms with E-state index in [9.17, 15) is 4.79 Å². The number of aryl methyl sites for hydroxylation is 1. The summed E-state index contributed by atoms with van der Waals surface area (Å²) >= 11 is 0. The molecule has 2 unspecified atom stereocenters. The van der Waals surface area contributed by atoms with Crippen LogP contribution in [0.4, 0.5) is 4.79 Å². The number of carbonyl (C=O) groups is 1. The lowest BCUT2D eigenvalue weighted by molar-refractivity contribution is -0.0510. The van der Waals surface area contributed by atoms with Crippen molar-refractivity contribution in [1.29, 1.82) is 0 Å². The largest absolute Gasteiger partial charge is 0.444 e. The Bertz CT molecular complexity index is 633. The van der Waals surface area contributed by atoms with Gasteiger partial charge in [0.2, 0.25) is 0 Å². The molecule has 1 amide bonds. The molecule has 2 bridgehead atoms. The molecule has 0 aromatic carbocycles. The summed E-state index contributed by atoms with van der Waals surface area (Å²) < 4.78 is 11.2. The number of amides is 1. The molecular formula is C18H24N2O3. The fourth-order valence-electron chi connectivity index (χ4n) is 3.22. The summed E-state index contributed by atoms with van der Waals surface area (Å²) in [5.74, 6) is 0. The van der Waals surface area contributed by atoms with E-state index in [0.29, 0.717) is 13.2 Å². The van der Waals surface area contributed by atoms with E-state index in [-0.39, 0.29) is 18.2 Å². The molecule has 1 saturated heterocycles. The lowest BCUT2D eigenvalue weighted by Crippen LogP contribution is -2.57. The molecule has 124 valence electrons. The molecule has 3 rings (SSSR count). The minimum atomic E-state index is -0.490. The number of pyridine rings is 1. The number of hydrogen-bond acceptors (Lipinski definition) is 4. The van der Waals surface area contributed by atoms with Gasteiger partial charge in [-0.3, -0.25) is 9.88 Å². The molecule has 0 N–H and O–H groups in total. The van der Waals surface area contributed by atoms with E-state index in [1.807, 2.05) is 38.7 Å². The molecule has 0 radical (unpaired) electrons. The van der Waals surface area contributed by atoms with Crippen molar-refractivity contribution in [2.24, 2.45) is 0 Å². The van der Waals surface area contributed by atoms with Crippen molar-refractivity contribution >= 4 is 11.7 Å². The Morgan fingerprint density at radius 3 is 2.83 bits per heavy atom. The molecule has 1 aromatic heterocycles. The molecule has 5 heteroatoms. The SMILES string of the molecule is Cc1ncccc1C1=CC2COCC(C1)N2C(=O)OC(C)(C)C. The van der Waals surface area contributed by atoms with Gasteiger partial charge in [0.25, 0.3) is 0 Å². The summed E-state index contributed by atoms with van der Waals surface area (Å²) in [6.45, 7) is 8.75. The zero-order valence-corrected chi connectivity index (χ0v) is 14.2. The summed E-state index contributed by atoms with van der Waals surface area (Å²) in [4.78, 5) is 18.8. The smallest absolute Gasteiger partial charge is 0.411 e. The maximum absolute atomic E-state index is 12.5. The van der Waals surface area contributed by atoms with Crippen LogP contribution in [0, 0.1) is 6.92 Å². The first-order valence-corrected chi connectivity index (χ1v) is 8.07. The maximum Gasteiger partial charge on any atom is 0.411 e. The highest BCUT2D eigenvalue weighted by Crippen LogP contribution is 2.34. The number of rotatable bonds is 1. The first-order valence-electron chi connectivity index (χ1n) is 8.07. The number of hydrogen-bond donors (Lipinski definition) is 0. The zero-order valence-electron chi connectivity index (χ0n) is 14.2. The molecule has 5 nitrogen and oxygen atoms in total. The second-order valence-corrected chi connectivity index (χ2v) is 7.18. The number of nitrogens with zero attached hydrogens (tertiary/aromatic N) is 2. The molecule has 0 spiro atoms. The molecule has 1 fully saturated rings. The Morgan fingerprint density at radius 1 is 1.39 bits per heavy atom. The van der Waals surface area contributed by atoms with Crippen molar-refractivity contribution in [3.8, 4) is 0 Å². The number of fused-ring (bicyclic) bond motifs is 2. The minimum Gasteiger partial charge on any atom is -0.444 e. The van der Waals surface area contributed by atoms with Gasteiger partial charge in [-0.2, -0.15) is 0 Å². The highest BCUT2D eigenvalue weighted by molar-refractivity contribution is 5.75. The molecule has 3 heterocycles. The van der Waals surface area contributed by atoms with Crippen molar-refractivity contribution in [3.63, 3.8) is 0 Å². The van der Waals surface area contributed by atoms with Crippen LogP contribution in [0.2, 0.25) is 0 Å². The summed E-state index contributed by atoms with van der Waals surface area (Å²) in [5, 5.41) is 0. The first kappa shape index (κ1) is 16.0. The van der Waals surface area contributed by atoms with E-state index in [4.69, 9.17) is 9.47 Å². The Hall–Kier alpha value is -1.88.